The fourth-order valence-electron chi connectivity index (χ4n) is 1.38. The molecule has 0 saturated heterocycles. The molecule has 2 aromatic rings. The molecule has 76 valence electrons. The summed E-state index contributed by atoms with van der Waals surface area (Å²) in [7, 11) is 0. The molecule has 2 rings (SSSR count). The van der Waals surface area contributed by atoms with Crippen molar-refractivity contribution < 1.29 is 0 Å². The van der Waals surface area contributed by atoms with Crippen molar-refractivity contribution in [2.24, 2.45) is 0 Å². The molecule has 0 saturated carbocycles. The maximum atomic E-state index is 5.82. The maximum absolute atomic E-state index is 5.82. The number of benzene rings is 2. The fourth-order valence-corrected chi connectivity index (χ4v) is 1.64. The number of halogens is 1. The first-order valence-electron chi connectivity index (χ1n) is 4.51. The fraction of sp³-hybridized carbons (Fsp3) is 0. The van der Waals surface area contributed by atoms with E-state index in [4.69, 9.17) is 17.3 Å². The first-order valence-corrected chi connectivity index (χ1v) is 5.34. The third-order valence-corrected chi connectivity index (χ3v) is 2.86. The molecule has 2 N–H and O–H groups in total. The van der Waals surface area contributed by atoms with E-state index in [0.717, 1.165) is 21.0 Å². The molecule has 0 unspecified atom stereocenters. The van der Waals surface area contributed by atoms with Gasteiger partial charge in [-0.2, -0.15) is 0 Å². The molecule has 15 heavy (non-hydrogen) atoms. The molecule has 3 heteroatoms. The predicted molar refractivity (Wildman–Crippen MR) is 68.6 cm³/mol. The lowest BCUT2D eigenvalue weighted by Crippen LogP contribution is -1.87. The monoisotopic (exact) mass is 235 g/mol. The van der Waals surface area contributed by atoms with Gasteiger partial charge in [-0.25, -0.2) is 0 Å². The third-order valence-electron chi connectivity index (χ3n) is 2.21. The summed E-state index contributed by atoms with van der Waals surface area (Å²) in [6.45, 7) is 0. The van der Waals surface area contributed by atoms with E-state index < -0.39 is 0 Å². The van der Waals surface area contributed by atoms with Gasteiger partial charge in [0.1, 0.15) is 0 Å². The zero-order valence-corrected chi connectivity index (χ0v) is 9.59. The quantitative estimate of drug-likeness (QED) is 0.570. The molecule has 0 aromatic heterocycles. The highest BCUT2D eigenvalue weighted by atomic mass is 35.5. The number of anilines is 1. The molecule has 0 heterocycles. The highest BCUT2D eigenvalue weighted by Crippen LogP contribution is 2.26. The summed E-state index contributed by atoms with van der Waals surface area (Å²) in [6.07, 6.45) is 0. The van der Waals surface area contributed by atoms with Crippen molar-refractivity contribution in [3.63, 3.8) is 0 Å². The van der Waals surface area contributed by atoms with E-state index in [1.54, 1.807) is 0 Å². The van der Waals surface area contributed by atoms with Gasteiger partial charge < -0.3 is 5.73 Å². The first kappa shape index (κ1) is 10.4. The number of hydrogen-bond acceptors (Lipinski definition) is 2. The van der Waals surface area contributed by atoms with Crippen molar-refractivity contribution in [3.05, 3.63) is 47.5 Å². The van der Waals surface area contributed by atoms with E-state index in [-0.39, 0.29) is 0 Å². The SMILES string of the molecule is Nc1cc(-c2ccc(Cl)cc2)ccc1S. The minimum absolute atomic E-state index is 0.686. The zero-order valence-electron chi connectivity index (χ0n) is 7.94. The Hall–Kier alpha value is -1.12. The van der Waals surface area contributed by atoms with Gasteiger partial charge in [-0.3, -0.25) is 0 Å². The van der Waals surface area contributed by atoms with E-state index in [2.05, 4.69) is 12.6 Å². The Bertz CT molecular complexity index is 479. The van der Waals surface area contributed by atoms with Crippen LogP contribution in [-0.4, -0.2) is 0 Å². The van der Waals surface area contributed by atoms with Gasteiger partial charge in [-0.15, -0.1) is 12.6 Å². The van der Waals surface area contributed by atoms with Crippen molar-refractivity contribution in [2.75, 3.05) is 5.73 Å². The van der Waals surface area contributed by atoms with Crippen LogP contribution in [-0.2, 0) is 0 Å². The zero-order chi connectivity index (χ0) is 10.8. The lowest BCUT2D eigenvalue weighted by molar-refractivity contribution is 1.47. The van der Waals surface area contributed by atoms with Crippen LogP contribution >= 0.6 is 24.2 Å². The van der Waals surface area contributed by atoms with Crippen LogP contribution in [0.5, 0.6) is 0 Å². The van der Waals surface area contributed by atoms with Crippen LogP contribution in [0.15, 0.2) is 47.4 Å². The standard InChI is InChI=1S/C12H10ClNS/c13-10-4-1-8(2-5-10)9-3-6-12(15)11(14)7-9/h1-7,15H,14H2. The summed E-state index contributed by atoms with van der Waals surface area (Å²) >= 11 is 10.0. The van der Waals surface area contributed by atoms with E-state index in [9.17, 15) is 0 Å². The Labute approximate surface area is 99.3 Å². The Morgan fingerprint density at radius 3 is 2.13 bits per heavy atom. The van der Waals surface area contributed by atoms with Crippen LogP contribution in [0.2, 0.25) is 5.02 Å². The second-order valence-corrected chi connectivity index (χ2v) is 4.20. The van der Waals surface area contributed by atoms with Crippen LogP contribution < -0.4 is 5.73 Å². The lowest BCUT2D eigenvalue weighted by atomic mass is 10.1. The Morgan fingerprint density at radius 2 is 1.53 bits per heavy atom. The number of nitrogen functional groups attached to an aromatic ring is 1. The van der Waals surface area contributed by atoms with Crippen molar-refractivity contribution in [1.29, 1.82) is 0 Å². The van der Waals surface area contributed by atoms with Gasteiger partial charge in [0.15, 0.2) is 0 Å². The molecule has 0 atom stereocenters. The van der Waals surface area contributed by atoms with Gasteiger partial charge in [0.05, 0.1) is 0 Å². The number of rotatable bonds is 1. The summed E-state index contributed by atoms with van der Waals surface area (Å²) in [6, 6.07) is 13.4. The summed E-state index contributed by atoms with van der Waals surface area (Å²) in [4.78, 5) is 0.799. The van der Waals surface area contributed by atoms with Crippen LogP contribution in [0.4, 0.5) is 5.69 Å². The summed E-state index contributed by atoms with van der Waals surface area (Å²) < 4.78 is 0. The van der Waals surface area contributed by atoms with Crippen LogP contribution in [0.3, 0.4) is 0 Å². The predicted octanol–water partition coefficient (Wildman–Crippen LogP) is 3.88. The van der Waals surface area contributed by atoms with Gasteiger partial charge in [0.25, 0.3) is 0 Å². The molecule has 0 bridgehead atoms. The van der Waals surface area contributed by atoms with Crippen LogP contribution in [0.25, 0.3) is 11.1 Å². The minimum atomic E-state index is 0.686. The lowest BCUT2D eigenvalue weighted by Gasteiger charge is -2.04. The first-order chi connectivity index (χ1) is 7.16. The molecule has 0 aliphatic carbocycles. The Kier molecular flexibility index (Phi) is 2.89. The van der Waals surface area contributed by atoms with Gasteiger partial charge in [0.2, 0.25) is 0 Å². The molecule has 0 aliphatic heterocycles. The Balaban J connectivity index is 2.45. The maximum Gasteiger partial charge on any atom is 0.0455 e. The average Bonchev–Trinajstić information content (AvgIpc) is 2.23. The molecule has 0 spiro atoms. The second-order valence-electron chi connectivity index (χ2n) is 3.28. The highest BCUT2D eigenvalue weighted by molar-refractivity contribution is 7.80. The Morgan fingerprint density at radius 1 is 0.933 bits per heavy atom. The second kappa shape index (κ2) is 4.17. The van der Waals surface area contributed by atoms with Gasteiger partial charge in [0, 0.05) is 15.6 Å². The minimum Gasteiger partial charge on any atom is -0.398 e. The molecule has 0 fully saturated rings. The number of hydrogen-bond donors (Lipinski definition) is 2. The van der Waals surface area contributed by atoms with Gasteiger partial charge in [-0.1, -0.05) is 29.8 Å². The van der Waals surface area contributed by atoms with E-state index in [1.807, 2.05) is 42.5 Å². The number of nitrogens with two attached hydrogens (primary N) is 1. The number of thiol groups is 1. The molecule has 0 amide bonds. The topological polar surface area (TPSA) is 26.0 Å². The van der Waals surface area contributed by atoms with Crippen LogP contribution in [0.1, 0.15) is 0 Å². The molecular weight excluding hydrogens is 226 g/mol. The molecule has 2 aromatic carbocycles. The van der Waals surface area contributed by atoms with E-state index in [1.165, 1.54) is 0 Å². The highest BCUT2D eigenvalue weighted by Gasteiger charge is 2.00. The van der Waals surface area contributed by atoms with Gasteiger partial charge >= 0.3 is 0 Å². The summed E-state index contributed by atoms with van der Waals surface area (Å²) in [5, 5.41) is 0.734. The van der Waals surface area contributed by atoms with Crippen molar-refractivity contribution in [2.45, 2.75) is 4.90 Å². The summed E-state index contributed by atoms with van der Waals surface area (Å²) in [5.41, 5.74) is 8.64. The van der Waals surface area contributed by atoms with Gasteiger partial charge in [-0.05, 0) is 35.4 Å². The smallest absolute Gasteiger partial charge is 0.0455 e. The summed E-state index contributed by atoms with van der Waals surface area (Å²) in [5.74, 6) is 0. The van der Waals surface area contributed by atoms with Crippen molar-refractivity contribution in [1.82, 2.24) is 0 Å². The van der Waals surface area contributed by atoms with E-state index >= 15 is 0 Å². The largest absolute Gasteiger partial charge is 0.398 e. The molecule has 0 aliphatic rings. The van der Waals surface area contributed by atoms with E-state index in [0.29, 0.717) is 5.69 Å². The normalized spacial score (nSPS) is 10.3. The van der Waals surface area contributed by atoms with Crippen LogP contribution in [0, 0.1) is 0 Å². The van der Waals surface area contributed by atoms with Crippen molar-refractivity contribution >= 4 is 29.9 Å². The van der Waals surface area contributed by atoms with Crippen molar-refractivity contribution in [3.8, 4) is 11.1 Å². The molecular formula is C12H10ClNS. The average molecular weight is 236 g/mol. The molecule has 0 radical (unpaired) electrons. The molecule has 1 nitrogen and oxygen atoms in total. The third kappa shape index (κ3) is 2.28.